The number of halogens is 1. The summed E-state index contributed by atoms with van der Waals surface area (Å²) in [4.78, 5) is 12.1. The topological polar surface area (TPSA) is 41.1 Å². The van der Waals surface area contributed by atoms with Crippen LogP contribution in [-0.2, 0) is 12.0 Å². The molecule has 0 radical (unpaired) electrons. The molecule has 0 saturated heterocycles. The number of carbonyl (C=O) groups is 1. The van der Waals surface area contributed by atoms with Crippen LogP contribution in [0.15, 0.2) is 42.5 Å². The fourth-order valence-corrected chi connectivity index (χ4v) is 2.86. The Morgan fingerprint density at radius 2 is 1.91 bits per heavy atom. The van der Waals surface area contributed by atoms with E-state index < -0.39 is 0 Å². The molecule has 0 unspecified atom stereocenters. The Morgan fingerprint density at radius 3 is 2.64 bits per heavy atom. The summed E-state index contributed by atoms with van der Waals surface area (Å²) in [6, 6.07) is 13.8. The highest BCUT2D eigenvalue weighted by atomic mass is 35.5. The molecule has 1 heterocycles. The molecule has 1 amide bonds. The monoisotopic (exact) mass is 314 g/mol. The van der Waals surface area contributed by atoms with Gasteiger partial charge in [-0.05, 0) is 35.4 Å². The van der Waals surface area contributed by atoms with Crippen molar-refractivity contribution in [2.45, 2.75) is 25.8 Å². The summed E-state index contributed by atoms with van der Waals surface area (Å²) in [6.07, 6.45) is 0. The molecule has 0 saturated carbocycles. The molecule has 114 valence electrons. The molecular formula is C18H19ClN2O. The Morgan fingerprint density at radius 1 is 1.18 bits per heavy atom. The highest BCUT2D eigenvalue weighted by Crippen LogP contribution is 2.31. The van der Waals surface area contributed by atoms with Crippen molar-refractivity contribution in [2.24, 2.45) is 0 Å². The molecule has 1 aliphatic rings. The van der Waals surface area contributed by atoms with E-state index in [4.69, 9.17) is 11.6 Å². The van der Waals surface area contributed by atoms with Gasteiger partial charge in [-0.25, -0.2) is 0 Å². The predicted octanol–water partition coefficient (Wildman–Crippen LogP) is 3.97. The summed E-state index contributed by atoms with van der Waals surface area (Å²) in [5.74, 6) is 0.00414. The Hall–Kier alpha value is -2.00. The molecule has 3 rings (SSSR count). The Bertz CT molecular complexity index is 708. The van der Waals surface area contributed by atoms with Crippen LogP contribution >= 0.6 is 11.6 Å². The summed E-state index contributed by atoms with van der Waals surface area (Å²) in [6.45, 7) is 5.66. The molecule has 2 N–H and O–H groups in total. The molecule has 3 nitrogen and oxygen atoms in total. The molecule has 0 bridgehead atoms. The van der Waals surface area contributed by atoms with E-state index in [2.05, 4.69) is 30.5 Å². The lowest BCUT2D eigenvalue weighted by Crippen LogP contribution is -2.43. The SMILES string of the molecule is CC1(C)CNC(=O)c2cc(NCc3ccc(Cl)cc3)ccc21. The molecular weight excluding hydrogens is 296 g/mol. The normalized spacial score (nSPS) is 15.9. The van der Waals surface area contributed by atoms with Crippen molar-refractivity contribution in [3.05, 3.63) is 64.2 Å². The van der Waals surface area contributed by atoms with Crippen molar-refractivity contribution >= 4 is 23.2 Å². The molecule has 2 aromatic rings. The first-order valence-corrected chi connectivity index (χ1v) is 7.74. The maximum atomic E-state index is 12.1. The summed E-state index contributed by atoms with van der Waals surface area (Å²) < 4.78 is 0. The molecule has 0 aromatic heterocycles. The van der Waals surface area contributed by atoms with Crippen LogP contribution in [0.5, 0.6) is 0 Å². The van der Waals surface area contributed by atoms with Crippen molar-refractivity contribution in [3.8, 4) is 0 Å². The van der Waals surface area contributed by atoms with Gasteiger partial charge in [0.15, 0.2) is 0 Å². The first-order valence-electron chi connectivity index (χ1n) is 7.37. The lowest BCUT2D eigenvalue weighted by atomic mass is 9.79. The number of amides is 1. The van der Waals surface area contributed by atoms with E-state index in [1.165, 1.54) is 0 Å². The smallest absolute Gasteiger partial charge is 0.251 e. The van der Waals surface area contributed by atoms with Gasteiger partial charge in [-0.1, -0.05) is 43.6 Å². The number of hydrogen-bond acceptors (Lipinski definition) is 2. The number of anilines is 1. The standard InChI is InChI=1S/C18H19ClN2O/c1-18(2)11-21-17(22)15-9-14(7-8-16(15)18)20-10-12-3-5-13(19)6-4-12/h3-9,20H,10-11H2,1-2H3,(H,21,22). The van der Waals surface area contributed by atoms with E-state index in [-0.39, 0.29) is 11.3 Å². The molecule has 0 fully saturated rings. The zero-order valence-electron chi connectivity index (χ0n) is 12.7. The van der Waals surface area contributed by atoms with Crippen molar-refractivity contribution in [1.82, 2.24) is 5.32 Å². The zero-order valence-corrected chi connectivity index (χ0v) is 13.5. The fourth-order valence-electron chi connectivity index (χ4n) is 2.73. The molecule has 4 heteroatoms. The van der Waals surface area contributed by atoms with Crippen molar-refractivity contribution in [2.75, 3.05) is 11.9 Å². The molecule has 1 aliphatic heterocycles. The largest absolute Gasteiger partial charge is 0.381 e. The summed E-state index contributed by atoms with van der Waals surface area (Å²) >= 11 is 5.89. The third-order valence-corrected chi connectivity index (χ3v) is 4.35. The third-order valence-electron chi connectivity index (χ3n) is 4.09. The zero-order chi connectivity index (χ0) is 15.7. The van der Waals surface area contributed by atoms with E-state index in [1.54, 1.807) is 0 Å². The first kappa shape index (κ1) is 14.9. The summed E-state index contributed by atoms with van der Waals surface area (Å²) in [7, 11) is 0. The van der Waals surface area contributed by atoms with E-state index in [1.807, 2.05) is 36.4 Å². The number of nitrogens with one attached hydrogen (secondary N) is 2. The van der Waals surface area contributed by atoms with Crippen LogP contribution in [0.1, 0.15) is 35.3 Å². The quantitative estimate of drug-likeness (QED) is 0.900. The Labute approximate surface area is 135 Å². The molecule has 0 atom stereocenters. The van der Waals surface area contributed by atoms with E-state index in [0.717, 1.165) is 27.4 Å². The number of benzene rings is 2. The predicted molar refractivity (Wildman–Crippen MR) is 90.6 cm³/mol. The van der Waals surface area contributed by atoms with Gasteiger partial charge in [0.1, 0.15) is 0 Å². The van der Waals surface area contributed by atoms with Gasteiger partial charge in [0.25, 0.3) is 5.91 Å². The summed E-state index contributed by atoms with van der Waals surface area (Å²) in [5, 5.41) is 7.04. The van der Waals surface area contributed by atoms with Gasteiger partial charge in [-0.15, -0.1) is 0 Å². The number of carbonyl (C=O) groups excluding carboxylic acids is 1. The van der Waals surface area contributed by atoms with Crippen LogP contribution in [0.3, 0.4) is 0 Å². The number of fused-ring (bicyclic) bond motifs is 1. The summed E-state index contributed by atoms with van der Waals surface area (Å²) in [5.41, 5.74) is 3.93. The lowest BCUT2D eigenvalue weighted by Gasteiger charge is -2.32. The Kier molecular flexibility index (Phi) is 3.83. The van der Waals surface area contributed by atoms with Crippen molar-refractivity contribution < 1.29 is 4.79 Å². The number of rotatable bonds is 3. The van der Waals surface area contributed by atoms with Gasteiger partial charge < -0.3 is 10.6 Å². The average Bonchev–Trinajstić information content (AvgIpc) is 2.51. The average molecular weight is 315 g/mol. The molecule has 0 aliphatic carbocycles. The van der Waals surface area contributed by atoms with E-state index in [9.17, 15) is 4.79 Å². The number of hydrogen-bond donors (Lipinski definition) is 2. The van der Waals surface area contributed by atoms with Crippen molar-refractivity contribution in [3.63, 3.8) is 0 Å². The minimum absolute atomic E-state index is 0.00414. The van der Waals surface area contributed by atoms with Crippen LogP contribution in [0.2, 0.25) is 5.02 Å². The highest BCUT2D eigenvalue weighted by molar-refractivity contribution is 6.30. The Balaban J connectivity index is 1.80. The van der Waals surface area contributed by atoms with Gasteiger partial charge in [0, 0.05) is 34.8 Å². The maximum absolute atomic E-state index is 12.1. The second kappa shape index (κ2) is 5.65. The fraction of sp³-hybridized carbons (Fsp3) is 0.278. The molecule has 2 aromatic carbocycles. The van der Waals surface area contributed by atoms with Gasteiger partial charge in [-0.2, -0.15) is 0 Å². The van der Waals surface area contributed by atoms with Gasteiger partial charge in [0.2, 0.25) is 0 Å². The second-order valence-electron chi connectivity index (χ2n) is 6.31. The lowest BCUT2D eigenvalue weighted by molar-refractivity contribution is 0.0930. The van der Waals surface area contributed by atoms with Gasteiger partial charge >= 0.3 is 0 Å². The van der Waals surface area contributed by atoms with E-state index >= 15 is 0 Å². The minimum Gasteiger partial charge on any atom is -0.381 e. The van der Waals surface area contributed by atoms with Crippen LogP contribution in [0.25, 0.3) is 0 Å². The van der Waals surface area contributed by atoms with E-state index in [0.29, 0.717) is 13.1 Å². The molecule has 22 heavy (non-hydrogen) atoms. The highest BCUT2D eigenvalue weighted by Gasteiger charge is 2.31. The van der Waals surface area contributed by atoms with Crippen LogP contribution < -0.4 is 10.6 Å². The van der Waals surface area contributed by atoms with Crippen LogP contribution in [-0.4, -0.2) is 12.5 Å². The second-order valence-corrected chi connectivity index (χ2v) is 6.74. The van der Waals surface area contributed by atoms with Crippen LogP contribution in [0, 0.1) is 0 Å². The molecule has 0 spiro atoms. The van der Waals surface area contributed by atoms with Crippen LogP contribution in [0.4, 0.5) is 5.69 Å². The van der Waals surface area contributed by atoms with Gasteiger partial charge in [0.05, 0.1) is 0 Å². The van der Waals surface area contributed by atoms with Gasteiger partial charge in [-0.3, -0.25) is 4.79 Å². The minimum atomic E-state index is -0.0298. The third kappa shape index (κ3) is 2.95. The maximum Gasteiger partial charge on any atom is 0.251 e. The first-order chi connectivity index (χ1) is 10.5. The van der Waals surface area contributed by atoms with Crippen molar-refractivity contribution in [1.29, 1.82) is 0 Å².